The van der Waals surface area contributed by atoms with Crippen LogP contribution in [0.4, 0.5) is 23.7 Å². The van der Waals surface area contributed by atoms with Crippen molar-refractivity contribution < 1.29 is 18.0 Å². The Morgan fingerprint density at radius 1 is 1.38 bits per heavy atom. The molecule has 2 N–H and O–H groups in total. The molecule has 0 radical (unpaired) electrons. The molecule has 0 spiro atoms. The van der Waals surface area contributed by atoms with Crippen LogP contribution in [0.2, 0.25) is 0 Å². The average Bonchev–Trinajstić information content (AvgIpc) is 2.19. The second-order valence-electron chi connectivity index (χ2n) is 2.90. The van der Waals surface area contributed by atoms with Crippen molar-refractivity contribution in [2.45, 2.75) is 6.18 Å². The van der Waals surface area contributed by atoms with E-state index in [1.54, 1.807) is 0 Å². The molecule has 0 saturated heterocycles. The molecule has 0 heterocycles. The molecule has 0 saturated carbocycles. The predicted molar refractivity (Wildman–Crippen MR) is 57.2 cm³/mol. The number of anilines is 1. The third-order valence-electron chi connectivity index (χ3n) is 1.76. The third-order valence-corrected chi connectivity index (χ3v) is 2.45. The van der Waals surface area contributed by atoms with Gasteiger partial charge in [-0.05, 0) is 18.2 Å². The number of hydrogen-bond acceptors (Lipinski definition) is 1. The first-order valence-corrected chi connectivity index (χ1v) is 4.99. The molecular weight excluding hydrogens is 289 g/mol. The quantitative estimate of drug-likeness (QED) is 0.821. The van der Waals surface area contributed by atoms with E-state index in [2.05, 4.69) is 26.6 Å². The van der Waals surface area contributed by atoms with E-state index < -0.39 is 17.8 Å². The molecule has 1 aromatic rings. The molecule has 0 aromatic heterocycles. The van der Waals surface area contributed by atoms with Crippen molar-refractivity contribution in [3.63, 3.8) is 0 Å². The lowest BCUT2D eigenvalue weighted by Crippen LogP contribution is -2.24. The Labute approximate surface area is 98.2 Å². The van der Waals surface area contributed by atoms with Gasteiger partial charge in [-0.3, -0.25) is 0 Å². The minimum atomic E-state index is -4.46. The lowest BCUT2D eigenvalue weighted by molar-refractivity contribution is -0.138. The molecule has 88 valence electrons. The van der Waals surface area contributed by atoms with Crippen molar-refractivity contribution >= 4 is 27.6 Å². The van der Waals surface area contributed by atoms with E-state index in [0.717, 1.165) is 6.07 Å². The fraction of sp³-hybridized carbons (Fsp3) is 0.222. The number of rotatable bonds is 1. The van der Waals surface area contributed by atoms with Gasteiger partial charge in [-0.25, -0.2) is 4.79 Å². The number of urea groups is 1. The minimum Gasteiger partial charge on any atom is -0.341 e. The Morgan fingerprint density at radius 3 is 2.50 bits per heavy atom. The Hall–Kier alpha value is -1.24. The van der Waals surface area contributed by atoms with E-state index in [9.17, 15) is 18.0 Å². The number of amides is 2. The van der Waals surface area contributed by atoms with Crippen molar-refractivity contribution in [2.75, 3.05) is 12.4 Å². The topological polar surface area (TPSA) is 41.1 Å². The first kappa shape index (κ1) is 12.8. The minimum absolute atomic E-state index is 0.0672. The van der Waals surface area contributed by atoms with E-state index in [0.29, 0.717) is 0 Å². The second-order valence-corrected chi connectivity index (χ2v) is 3.75. The van der Waals surface area contributed by atoms with Crippen molar-refractivity contribution in [2.24, 2.45) is 0 Å². The molecule has 0 bridgehead atoms. The summed E-state index contributed by atoms with van der Waals surface area (Å²) in [6.07, 6.45) is -4.46. The van der Waals surface area contributed by atoms with E-state index in [1.807, 2.05) is 0 Å². The molecule has 0 atom stereocenters. The molecule has 1 aromatic carbocycles. The maximum Gasteiger partial charge on any atom is 0.417 e. The van der Waals surface area contributed by atoms with Gasteiger partial charge in [0.1, 0.15) is 0 Å². The van der Waals surface area contributed by atoms with Crippen LogP contribution in [0.3, 0.4) is 0 Å². The zero-order chi connectivity index (χ0) is 12.3. The summed E-state index contributed by atoms with van der Waals surface area (Å²) in [5.41, 5.74) is -0.753. The van der Waals surface area contributed by atoms with E-state index in [1.165, 1.54) is 19.2 Å². The lowest BCUT2D eigenvalue weighted by atomic mass is 10.2. The van der Waals surface area contributed by atoms with Crippen LogP contribution < -0.4 is 10.6 Å². The molecule has 0 aliphatic heterocycles. The number of alkyl halides is 3. The van der Waals surface area contributed by atoms with Gasteiger partial charge in [0.2, 0.25) is 0 Å². The Bertz CT molecular complexity index is 406. The molecule has 0 unspecified atom stereocenters. The molecule has 1 rings (SSSR count). The van der Waals surface area contributed by atoms with E-state index in [4.69, 9.17) is 0 Å². The summed E-state index contributed by atoms with van der Waals surface area (Å²) in [5.74, 6) is 0. The second kappa shape index (κ2) is 4.73. The van der Waals surface area contributed by atoms with Crippen molar-refractivity contribution in [3.8, 4) is 0 Å². The maximum absolute atomic E-state index is 12.5. The van der Waals surface area contributed by atoms with Crippen LogP contribution in [0.1, 0.15) is 5.56 Å². The number of hydrogen-bond donors (Lipinski definition) is 2. The SMILES string of the molecule is CNC(=O)Nc1ccc(Br)c(C(F)(F)F)c1. The molecule has 16 heavy (non-hydrogen) atoms. The molecule has 0 aliphatic rings. The van der Waals surface area contributed by atoms with Crippen LogP contribution in [0.15, 0.2) is 22.7 Å². The standard InChI is InChI=1S/C9H8BrF3N2O/c1-14-8(16)15-5-2-3-7(10)6(4-5)9(11,12)13/h2-4H,1H3,(H2,14,15,16). The highest BCUT2D eigenvalue weighted by atomic mass is 79.9. The van der Waals surface area contributed by atoms with Gasteiger partial charge >= 0.3 is 12.2 Å². The fourth-order valence-electron chi connectivity index (χ4n) is 1.01. The van der Waals surface area contributed by atoms with Crippen molar-refractivity contribution in [1.29, 1.82) is 0 Å². The average molecular weight is 297 g/mol. The smallest absolute Gasteiger partial charge is 0.341 e. The van der Waals surface area contributed by atoms with Gasteiger partial charge in [-0.1, -0.05) is 15.9 Å². The van der Waals surface area contributed by atoms with E-state index >= 15 is 0 Å². The summed E-state index contributed by atoms with van der Waals surface area (Å²) in [6.45, 7) is 0. The largest absolute Gasteiger partial charge is 0.417 e. The van der Waals surface area contributed by atoms with Crippen LogP contribution in [0.25, 0.3) is 0 Å². The van der Waals surface area contributed by atoms with Gasteiger partial charge in [0, 0.05) is 17.2 Å². The van der Waals surface area contributed by atoms with Gasteiger partial charge in [-0.15, -0.1) is 0 Å². The van der Waals surface area contributed by atoms with E-state index in [-0.39, 0.29) is 10.2 Å². The van der Waals surface area contributed by atoms with Gasteiger partial charge < -0.3 is 10.6 Å². The van der Waals surface area contributed by atoms with Crippen LogP contribution in [0.5, 0.6) is 0 Å². The number of carbonyl (C=O) groups excluding carboxylic acids is 1. The van der Waals surface area contributed by atoms with Crippen molar-refractivity contribution in [3.05, 3.63) is 28.2 Å². The van der Waals surface area contributed by atoms with Gasteiger partial charge in [-0.2, -0.15) is 13.2 Å². The number of benzene rings is 1. The molecule has 7 heteroatoms. The van der Waals surface area contributed by atoms with Gasteiger partial charge in [0.25, 0.3) is 0 Å². The van der Waals surface area contributed by atoms with Crippen LogP contribution in [-0.2, 0) is 6.18 Å². The fourth-order valence-corrected chi connectivity index (χ4v) is 1.49. The number of halogens is 4. The van der Waals surface area contributed by atoms with Crippen LogP contribution in [-0.4, -0.2) is 13.1 Å². The zero-order valence-corrected chi connectivity index (χ0v) is 9.74. The number of nitrogens with one attached hydrogen (secondary N) is 2. The zero-order valence-electron chi connectivity index (χ0n) is 8.15. The van der Waals surface area contributed by atoms with Crippen LogP contribution in [0, 0.1) is 0 Å². The maximum atomic E-state index is 12.5. The summed E-state index contributed by atoms with van der Waals surface area (Å²) in [5, 5.41) is 4.50. The highest BCUT2D eigenvalue weighted by molar-refractivity contribution is 9.10. The Balaban J connectivity index is 3.03. The molecule has 3 nitrogen and oxygen atoms in total. The third kappa shape index (κ3) is 3.13. The Morgan fingerprint density at radius 2 is 2.00 bits per heavy atom. The Kier molecular flexibility index (Phi) is 3.79. The molecule has 0 aliphatic carbocycles. The van der Waals surface area contributed by atoms with Crippen LogP contribution >= 0.6 is 15.9 Å². The monoisotopic (exact) mass is 296 g/mol. The first-order valence-electron chi connectivity index (χ1n) is 4.20. The predicted octanol–water partition coefficient (Wildman–Crippen LogP) is 3.22. The first-order chi connectivity index (χ1) is 7.34. The summed E-state index contributed by atoms with van der Waals surface area (Å²) in [6, 6.07) is 2.89. The number of carbonyl (C=O) groups is 1. The molecule has 0 fully saturated rings. The summed E-state index contributed by atoms with van der Waals surface area (Å²) in [4.78, 5) is 10.9. The van der Waals surface area contributed by atoms with Crippen molar-refractivity contribution in [1.82, 2.24) is 5.32 Å². The summed E-state index contributed by atoms with van der Waals surface area (Å²) in [7, 11) is 1.37. The highest BCUT2D eigenvalue weighted by Crippen LogP contribution is 2.36. The summed E-state index contributed by atoms with van der Waals surface area (Å²) < 4.78 is 37.4. The normalized spacial score (nSPS) is 11.1. The highest BCUT2D eigenvalue weighted by Gasteiger charge is 2.33. The van der Waals surface area contributed by atoms with Gasteiger partial charge in [0.15, 0.2) is 0 Å². The molecule has 2 amide bonds. The molecular formula is C9H8BrF3N2O. The summed E-state index contributed by atoms with van der Waals surface area (Å²) >= 11 is 2.80. The lowest BCUT2D eigenvalue weighted by Gasteiger charge is -2.11. The van der Waals surface area contributed by atoms with Gasteiger partial charge in [0.05, 0.1) is 5.56 Å².